The van der Waals surface area contributed by atoms with Crippen molar-refractivity contribution in [2.75, 3.05) is 13.1 Å². The first kappa shape index (κ1) is 17.9. The minimum Gasteiger partial charge on any atom is -0.447 e. The Morgan fingerprint density at radius 2 is 1.91 bits per heavy atom. The number of halogens is 1. The number of esters is 1. The van der Waals surface area contributed by atoms with Gasteiger partial charge in [-0.25, -0.2) is 4.79 Å². The maximum atomic E-state index is 12.8. The minimum absolute atomic E-state index is 0.0931. The molecule has 0 spiro atoms. The van der Waals surface area contributed by atoms with Crippen LogP contribution in [0.2, 0.25) is 5.02 Å². The fourth-order valence-corrected chi connectivity index (χ4v) is 3.32. The van der Waals surface area contributed by atoms with Gasteiger partial charge in [0.15, 0.2) is 6.10 Å². The molecular weight excluding hydrogens is 316 g/mol. The third kappa shape index (κ3) is 4.50. The van der Waals surface area contributed by atoms with Gasteiger partial charge in [-0.3, -0.25) is 4.79 Å². The van der Waals surface area contributed by atoms with Crippen LogP contribution in [-0.4, -0.2) is 41.0 Å². The highest BCUT2D eigenvalue weighted by atomic mass is 35.5. The molecular formula is C17H25ClN2O3. The van der Waals surface area contributed by atoms with Gasteiger partial charge in [-0.2, -0.15) is 0 Å². The van der Waals surface area contributed by atoms with Crippen LogP contribution in [0.25, 0.3) is 0 Å². The number of hydrogen-bond donors (Lipinski definition) is 1. The number of hydrogen-bond acceptors (Lipinski definition) is 3. The van der Waals surface area contributed by atoms with Gasteiger partial charge in [0, 0.05) is 19.3 Å². The summed E-state index contributed by atoms with van der Waals surface area (Å²) in [6.07, 6.45) is 1.86. The lowest BCUT2D eigenvalue weighted by atomic mass is 9.91. The third-order valence-corrected chi connectivity index (χ3v) is 4.35. The maximum Gasteiger partial charge on any atom is 0.355 e. The highest BCUT2D eigenvalue weighted by Crippen LogP contribution is 2.23. The van der Waals surface area contributed by atoms with Crippen molar-refractivity contribution in [3.05, 3.63) is 23.0 Å². The van der Waals surface area contributed by atoms with E-state index in [2.05, 4.69) is 18.8 Å². The van der Waals surface area contributed by atoms with Crippen molar-refractivity contribution < 1.29 is 14.3 Å². The Labute approximate surface area is 142 Å². The lowest BCUT2D eigenvalue weighted by Gasteiger charge is -2.37. The van der Waals surface area contributed by atoms with Crippen LogP contribution in [0, 0.1) is 17.8 Å². The number of carbonyl (C=O) groups excluding carboxylic acids is 2. The van der Waals surface area contributed by atoms with Crippen LogP contribution >= 0.6 is 11.6 Å². The Bertz CT molecular complexity index is 560. The molecule has 0 aromatic carbocycles. The SMILES string of the molecule is CC(C)[C@@H](OC(=O)c1cc(Cl)c[nH]1)C(=O)N1C[C@H](C)C[C@@H](C)C1. The summed E-state index contributed by atoms with van der Waals surface area (Å²) >= 11 is 5.81. The molecule has 6 heteroatoms. The van der Waals surface area contributed by atoms with Gasteiger partial charge in [0.25, 0.3) is 5.91 Å². The average Bonchev–Trinajstić information content (AvgIpc) is 2.89. The Morgan fingerprint density at radius 1 is 1.30 bits per heavy atom. The van der Waals surface area contributed by atoms with E-state index in [1.165, 1.54) is 12.3 Å². The average molecular weight is 341 g/mol. The zero-order chi connectivity index (χ0) is 17.1. The molecule has 1 saturated heterocycles. The van der Waals surface area contributed by atoms with Crippen LogP contribution in [-0.2, 0) is 9.53 Å². The molecule has 128 valence electrons. The van der Waals surface area contributed by atoms with E-state index in [1.54, 1.807) is 0 Å². The molecule has 5 nitrogen and oxygen atoms in total. The summed E-state index contributed by atoms with van der Waals surface area (Å²) < 4.78 is 5.48. The van der Waals surface area contributed by atoms with E-state index < -0.39 is 12.1 Å². The van der Waals surface area contributed by atoms with Gasteiger partial charge in [0.2, 0.25) is 0 Å². The Morgan fingerprint density at radius 3 is 2.39 bits per heavy atom. The van der Waals surface area contributed by atoms with Crippen LogP contribution < -0.4 is 0 Å². The summed E-state index contributed by atoms with van der Waals surface area (Å²) in [4.78, 5) is 29.6. The summed E-state index contributed by atoms with van der Waals surface area (Å²) in [7, 11) is 0. The van der Waals surface area contributed by atoms with Gasteiger partial charge in [-0.05, 0) is 30.2 Å². The number of aromatic nitrogens is 1. The molecule has 1 aliphatic rings. The predicted octanol–water partition coefficient (Wildman–Crippen LogP) is 3.35. The van der Waals surface area contributed by atoms with E-state index in [0.29, 0.717) is 16.9 Å². The molecule has 0 aliphatic carbocycles. The highest BCUT2D eigenvalue weighted by Gasteiger charge is 2.34. The van der Waals surface area contributed by atoms with Crippen molar-refractivity contribution in [3.8, 4) is 0 Å². The van der Waals surface area contributed by atoms with Crippen LogP contribution in [0.5, 0.6) is 0 Å². The van der Waals surface area contributed by atoms with Crippen LogP contribution in [0.3, 0.4) is 0 Å². The molecule has 1 N–H and O–H groups in total. The summed E-state index contributed by atoms with van der Waals surface area (Å²) in [5, 5.41) is 0.433. The summed E-state index contributed by atoms with van der Waals surface area (Å²) in [5.74, 6) is 0.178. The van der Waals surface area contributed by atoms with Gasteiger partial charge in [0.05, 0.1) is 5.02 Å². The van der Waals surface area contributed by atoms with Gasteiger partial charge in [-0.15, -0.1) is 0 Å². The van der Waals surface area contributed by atoms with Crippen molar-refractivity contribution in [1.82, 2.24) is 9.88 Å². The Kier molecular flexibility index (Phi) is 5.74. The highest BCUT2D eigenvalue weighted by molar-refractivity contribution is 6.30. The van der Waals surface area contributed by atoms with Crippen molar-refractivity contribution in [2.24, 2.45) is 17.8 Å². The molecule has 0 bridgehead atoms. The Hall–Kier alpha value is -1.49. The quantitative estimate of drug-likeness (QED) is 0.855. The van der Waals surface area contributed by atoms with E-state index in [-0.39, 0.29) is 17.5 Å². The number of nitrogens with zero attached hydrogens (tertiary/aromatic N) is 1. The van der Waals surface area contributed by atoms with E-state index in [1.807, 2.05) is 18.7 Å². The van der Waals surface area contributed by atoms with Gasteiger partial charge < -0.3 is 14.6 Å². The second kappa shape index (κ2) is 7.39. The summed E-state index contributed by atoms with van der Waals surface area (Å²) in [6.45, 7) is 9.50. The first-order chi connectivity index (χ1) is 10.8. The fourth-order valence-electron chi connectivity index (χ4n) is 3.16. The zero-order valence-electron chi connectivity index (χ0n) is 14.1. The second-order valence-electron chi connectivity index (χ2n) is 6.99. The fraction of sp³-hybridized carbons (Fsp3) is 0.647. The number of piperidine rings is 1. The molecule has 3 atom stereocenters. The van der Waals surface area contributed by atoms with Crippen LogP contribution in [0.15, 0.2) is 12.3 Å². The van der Waals surface area contributed by atoms with Gasteiger partial charge >= 0.3 is 5.97 Å². The number of carbonyl (C=O) groups is 2. The van der Waals surface area contributed by atoms with Gasteiger partial charge in [0.1, 0.15) is 5.69 Å². The molecule has 0 radical (unpaired) electrons. The van der Waals surface area contributed by atoms with E-state index in [0.717, 1.165) is 19.5 Å². The van der Waals surface area contributed by atoms with E-state index in [9.17, 15) is 9.59 Å². The van der Waals surface area contributed by atoms with Crippen molar-refractivity contribution in [1.29, 1.82) is 0 Å². The van der Waals surface area contributed by atoms with Crippen molar-refractivity contribution >= 4 is 23.5 Å². The molecule has 2 heterocycles. The number of amides is 1. The third-order valence-electron chi connectivity index (χ3n) is 4.13. The summed E-state index contributed by atoms with van der Waals surface area (Å²) in [5.41, 5.74) is 0.258. The molecule has 23 heavy (non-hydrogen) atoms. The number of nitrogens with one attached hydrogen (secondary N) is 1. The minimum atomic E-state index is -0.776. The van der Waals surface area contributed by atoms with Crippen LogP contribution in [0.4, 0.5) is 0 Å². The largest absolute Gasteiger partial charge is 0.447 e. The number of likely N-dealkylation sites (tertiary alicyclic amines) is 1. The lowest BCUT2D eigenvalue weighted by Crippen LogP contribution is -2.49. The molecule has 2 rings (SSSR count). The Balaban J connectivity index is 2.08. The molecule has 1 amide bonds. The lowest BCUT2D eigenvalue weighted by molar-refractivity contribution is -0.145. The number of ether oxygens (including phenoxy) is 1. The number of rotatable bonds is 4. The molecule has 1 fully saturated rings. The zero-order valence-corrected chi connectivity index (χ0v) is 14.9. The molecule has 1 aliphatic heterocycles. The van der Waals surface area contributed by atoms with Crippen molar-refractivity contribution in [2.45, 2.75) is 40.2 Å². The maximum absolute atomic E-state index is 12.8. The smallest absolute Gasteiger partial charge is 0.355 e. The second-order valence-corrected chi connectivity index (χ2v) is 7.43. The number of H-pyrrole nitrogens is 1. The van der Waals surface area contributed by atoms with Gasteiger partial charge in [-0.1, -0.05) is 39.3 Å². The first-order valence-corrected chi connectivity index (χ1v) is 8.49. The van der Waals surface area contributed by atoms with Crippen molar-refractivity contribution in [3.63, 3.8) is 0 Å². The van der Waals surface area contributed by atoms with E-state index >= 15 is 0 Å². The number of aromatic amines is 1. The predicted molar refractivity (Wildman–Crippen MR) is 89.4 cm³/mol. The molecule has 1 aromatic rings. The standard InChI is InChI=1S/C17H25ClN2O3/c1-10(2)15(23-17(22)14-6-13(18)7-19-14)16(21)20-8-11(3)5-12(4)9-20/h6-7,10-12,15,19H,5,8-9H2,1-4H3/t11-,12-,15-/m1/s1. The summed E-state index contributed by atoms with van der Waals surface area (Å²) in [6, 6.07) is 1.50. The first-order valence-electron chi connectivity index (χ1n) is 8.11. The molecule has 1 aromatic heterocycles. The van der Waals surface area contributed by atoms with Crippen LogP contribution in [0.1, 0.15) is 44.6 Å². The monoisotopic (exact) mass is 340 g/mol. The normalized spacial score (nSPS) is 23.0. The van der Waals surface area contributed by atoms with E-state index in [4.69, 9.17) is 16.3 Å². The molecule has 0 unspecified atom stereocenters. The topological polar surface area (TPSA) is 62.4 Å². The molecule has 0 saturated carbocycles.